The third kappa shape index (κ3) is 5.03. The zero-order valence-electron chi connectivity index (χ0n) is 18.0. The molecule has 2 saturated heterocycles. The monoisotopic (exact) mass is 421 g/mol. The lowest BCUT2D eigenvalue weighted by Crippen LogP contribution is -3.30. The van der Waals surface area contributed by atoms with Crippen molar-refractivity contribution >= 4 is 23.6 Å². The van der Waals surface area contributed by atoms with Gasteiger partial charge in [-0.3, -0.25) is 9.59 Å². The zero-order chi connectivity index (χ0) is 21.6. The lowest BCUT2D eigenvalue weighted by atomic mass is 10.1. The maximum absolute atomic E-state index is 13.1. The van der Waals surface area contributed by atoms with Gasteiger partial charge in [0.15, 0.2) is 6.04 Å². The summed E-state index contributed by atoms with van der Waals surface area (Å²) in [7, 11) is 0. The molecule has 0 radical (unpaired) electrons. The normalized spacial score (nSPS) is 24.2. The van der Waals surface area contributed by atoms with Crippen molar-refractivity contribution in [3.8, 4) is 5.75 Å². The van der Waals surface area contributed by atoms with Crippen LogP contribution in [0.1, 0.15) is 18.9 Å². The Balaban J connectivity index is 1.31. The van der Waals surface area contributed by atoms with Crippen LogP contribution in [-0.4, -0.2) is 57.2 Å². The summed E-state index contributed by atoms with van der Waals surface area (Å²) in [6, 6.07) is 17.3. The first-order valence-electron chi connectivity index (χ1n) is 11.1. The maximum Gasteiger partial charge on any atom is 0.292 e. The van der Waals surface area contributed by atoms with Gasteiger partial charge in [0, 0.05) is 0 Å². The first kappa shape index (κ1) is 21.3. The molecule has 162 valence electrons. The van der Waals surface area contributed by atoms with Gasteiger partial charge in [-0.1, -0.05) is 36.4 Å². The molecule has 1 atom stereocenters. The number of benzene rings is 2. The number of piperazine rings is 1. The van der Waals surface area contributed by atoms with Gasteiger partial charge >= 0.3 is 0 Å². The largest absolute Gasteiger partial charge is 0.494 e. The molecule has 0 aromatic heterocycles. The van der Waals surface area contributed by atoms with Crippen molar-refractivity contribution in [2.45, 2.75) is 19.4 Å². The Kier molecular flexibility index (Phi) is 6.79. The van der Waals surface area contributed by atoms with Crippen LogP contribution in [0, 0.1) is 0 Å². The number of rotatable bonds is 7. The van der Waals surface area contributed by atoms with Crippen molar-refractivity contribution in [3.05, 3.63) is 66.2 Å². The third-order valence-electron chi connectivity index (χ3n) is 6.16. The summed E-state index contributed by atoms with van der Waals surface area (Å²) in [4.78, 5) is 29.8. The smallest absolute Gasteiger partial charge is 0.292 e. The van der Waals surface area contributed by atoms with E-state index in [9.17, 15) is 9.59 Å². The van der Waals surface area contributed by atoms with E-state index >= 15 is 0 Å². The van der Waals surface area contributed by atoms with E-state index in [2.05, 4.69) is 24.3 Å². The molecule has 0 spiro atoms. The molecule has 2 aliphatic rings. The van der Waals surface area contributed by atoms with Gasteiger partial charge in [0.1, 0.15) is 31.9 Å². The Bertz CT molecular complexity index is 919. The molecule has 6 heteroatoms. The number of amides is 2. The summed E-state index contributed by atoms with van der Waals surface area (Å²) in [5.41, 5.74) is 1.85. The third-order valence-corrected chi connectivity index (χ3v) is 6.16. The molecule has 2 aromatic carbocycles. The van der Waals surface area contributed by atoms with Gasteiger partial charge in [-0.05, 0) is 42.8 Å². The number of hydrogen-bond acceptors (Lipinski definition) is 3. The van der Waals surface area contributed by atoms with E-state index < -0.39 is 0 Å². The number of carbonyl (C=O) groups excluding carboxylic acids is 2. The van der Waals surface area contributed by atoms with E-state index in [0.717, 1.165) is 38.5 Å². The number of quaternary nitrogens is 2. The highest BCUT2D eigenvalue weighted by Gasteiger charge is 2.46. The zero-order valence-corrected chi connectivity index (χ0v) is 18.0. The number of anilines is 1. The Morgan fingerprint density at radius 3 is 2.39 bits per heavy atom. The Labute approximate surface area is 183 Å². The van der Waals surface area contributed by atoms with Crippen molar-refractivity contribution in [1.82, 2.24) is 0 Å². The van der Waals surface area contributed by atoms with Gasteiger partial charge in [-0.25, -0.2) is 4.90 Å². The van der Waals surface area contributed by atoms with Crippen LogP contribution in [0.5, 0.6) is 5.75 Å². The molecule has 2 heterocycles. The molecule has 4 rings (SSSR count). The van der Waals surface area contributed by atoms with Crippen molar-refractivity contribution in [2.24, 2.45) is 0 Å². The lowest BCUT2D eigenvalue weighted by Gasteiger charge is -2.31. The summed E-state index contributed by atoms with van der Waals surface area (Å²) >= 11 is 0. The van der Waals surface area contributed by atoms with Crippen molar-refractivity contribution in [1.29, 1.82) is 0 Å². The average molecular weight is 422 g/mol. The van der Waals surface area contributed by atoms with Crippen LogP contribution in [0.3, 0.4) is 0 Å². The van der Waals surface area contributed by atoms with Crippen LogP contribution in [0.2, 0.25) is 0 Å². The molecule has 2 fully saturated rings. The summed E-state index contributed by atoms with van der Waals surface area (Å²) in [6.07, 6.45) is 4.69. The topological polar surface area (TPSA) is 55.5 Å². The van der Waals surface area contributed by atoms with E-state index in [1.807, 2.05) is 37.3 Å². The fourth-order valence-corrected chi connectivity index (χ4v) is 4.48. The molecule has 2 aromatic rings. The Morgan fingerprint density at radius 2 is 1.71 bits per heavy atom. The fourth-order valence-electron chi connectivity index (χ4n) is 4.48. The van der Waals surface area contributed by atoms with Gasteiger partial charge in [-0.15, -0.1) is 0 Å². The highest BCUT2D eigenvalue weighted by atomic mass is 16.5. The predicted molar refractivity (Wildman–Crippen MR) is 120 cm³/mol. The second-order valence-corrected chi connectivity index (χ2v) is 8.18. The molecule has 0 bridgehead atoms. The predicted octanol–water partition coefficient (Wildman–Crippen LogP) is 0.214. The second kappa shape index (κ2) is 9.90. The SMILES string of the molecule is CCOc1ccc(N2C(=O)C[C@@H]([NH+]3CC[NH+](C/C=C/c4ccccc4)CC3)C2=O)cc1. The first-order chi connectivity index (χ1) is 15.2. The highest BCUT2D eigenvalue weighted by molar-refractivity contribution is 6.21. The first-order valence-corrected chi connectivity index (χ1v) is 11.1. The molecule has 31 heavy (non-hydrogen) atoms. The molecule has 0 saturated carbocycles. The molecule has 0 unspecified atom stereocenters. The molecular weight excluding hydrogens is 390 g/mol. The van der Waals surface area contributed by atoms with Gasteiger partial charge in [0.2, 0.25) is 5.91 Å². The van der Waals surface area contributed by atoms with Crippen molar-refractivity contribution in [2.75, 3.05) is 44.2 Å². The number of ether oxygens (including phenoxy) is 1. The van der Waals surface area contributed by atoms with Crippen LogP contribution >= 0.6 is 0 Å². The molecule has 6 nitrogen and oxygen atoms in total. The minimum atomic E-state index is -0.263. The van der Waals surface area contributed by atoms with Crippen molar-refractivity contribution < 1.29 is 24.1 Å². The minimum Gasteiger partial charge on any atom is -0.494 e. The van der Waals surface area contributed by atoms with E-state index in [4.69, 9.17) is 4.74 Å². The average Bonchev–Trinajstić information content (AvgIpc) is 3.10. The van der Waals surface area contributed by atoms with E-state index in [-0.39, 0.29) is 17.9 Å². The van der Waals surface area contributed by atoms with Crippen LogP contribution in [-0.2, 0) is 9.59 Å². The van der Waals surface area contributed by atoms with E-state index in [0.29, 0.717) is 18.7 Å². The molecule has 2 N–H and O–H groups in total. The number of hydrogen-bond donors (Lipinski definition) is 2. The van der Waals surface area contributed by atoms with Crippen LogP contribution in [0.25, 0.3) is 6.08 Å². The standard InChI is InChI=1S/C25H29N3O3/c1-2-31-22-12-10-21(11-13-22)28-24(29)19-23(25(28)30)27-17-15-26(16-18-27)14-6-9-20-7-4-3-5-8-20/h3-13,23H,2,14-19H2,1H3/p+2/b9-6+/t23-/m1/s1. The van der Waals surface area contributed by atoms with Crippen molar-refractivity contribution in [3.63, 3.8) is 0 Å². The van der Waals surface area contributed by atoms with E-state index in [1.54, 1.807) is 12.1 Å². The lowest BCUT2D eigenvalue weighted by molar-refractivity contribution is -1.02. The maximum atomic E-state index is 13.1. The summed E-state index contributed by atoms with van der Waals surface area (Å²) < 4.78 is 5.46. The van der Waals surface area contributed by atoms with Crippen LogP contribution in [0.4, 0.5) is 5.69 Å². The number of nitrogens with zero attached hydrogens (tertiary/aromatic N) is 1. The molecular formula is C25H31N3O3+2. The number of imide groups is 1. The van der Waals surface area contributed by atoms with Gasteiger partial charge in [0.25, 0.3) is 5.91 Å². The summed E-state index contributed by atoms with van der Waals surface area (Å²) in [5.74, 6) is 0.566. The summed E-state index contributed by atoms with van der Waals surface area (Å²) in [6.45, 7) is 7.34. The van der Waals surface area contributed by atoms with Gasteiger partial charge in [-0.2, -0.15) is 0 Å². The molecule has 0 aliphatic carbocycles. The van der Waals surface area contributed by atoms with Crippen LogP contribution in [0.15, 0.2) is 60.7 Å². The van der Waals surface area contributed by atoms with Gasteiger partial charge < -0.3 is 14.5 Å². The number of carbonyl (C=O) groups is 2. The van der Waals surface area contributed by atoms with Crippen LogP contribution < -0.4 is 19.4 Å². The second-order valence-electron chi connectivity index (χ2n) is 8.18. The summed E-state index contributed by atoms with van der Waals surface area (Å²) in [5, 5.41) is 0. The molecule has 2 aliphatic heterocycles. The highest BCUT2D eigenvalue weighted by Crippen LogP contribution is 2.24. The fraction of sp³-hybridized carbons (Fsp3) is 0.360. The molecule has 2 amide bonds. The van der Waals surface area contributed by atoms with Gasteiger partial charge in [0.05, 0.1) is 25.3 Å². The quantitative estimate of drug-likeness (QED) is 0.629. The Hall–Kier alpha value is -2.96. The Morgan fingerprint density at radius 1 is 1.00 bits per heavy atom. The number of nitrogens with one attached hydrogen (secondary N) is 2. The van der Waals surface area contributed by atoms with E-state index in [1.165, 1.54) is 20.3 Å². The minimum absolute atomic E-state index is 0.0726.